The number of ether oxygens (including phenoxy) is 2. The number of aliphatic hydroxyl groups excluding tert-OH is 1. The van der Waals surface area contributed by atoms with Crippen LogP contribution < -0.4 is 15.5 Å². The molecule has 188 valence electrons. The van der Waals surface area contributed by atoms with Crippen LogP contribution in [0.15, 0.2) is 47.4 Å². The average Bonchev–Trinajstić information content (AvgIpc) is 2.80. The van der Waals surface area contributed by atoms with E-state index in [-0.39, 0.29) is 24.4 Å². The second-order valence-corrected chi connectivity index (χ2v) is 9.34. The number of pyridine rings is 1. The SMILES string of the molecule is COCCOc1cc2c(cc1NCc1ccc(F)cc1)c(=O)c(C(=O)O)cn2[C@H](CO)C(C)(C)C. The third-order valence-electron chi connectivity index (χ3n) is 5.81. The molecule has 0 aliphatic rings. The van der Waals surface area contributed by atoms with Gasteiger partial charge in [-0.3, -0.25) is 4.79 Å². The van der Waals surface area contributed by atoms with Crippen LogP contribution in [0.5, 0.6) is 5.75 Å². The van der Waals surface area contributed by atoms with Crippen LogP contribution in [-0.4, -0.2) is 47.7 Å². The minimum absolute atomic E-state index is 0.174. The van der Waals surface area contributed by atoms with Crippen LogP contribution in [0.2, 0.25) is 0 Å². The number of anilines is 1. The summed E-state index contributed by atoms with van der Waals surface area (Å²) < 4.78 is 25.9. The van der Waals surface area contributed by atoms with E-state index in [1.165, 1.54) is 18.3 Å². The number of aliphatic hydroxyl groups is 1. The smallest absolute Gasteiger partial charge is 0.341 e. The van der Waals surface area contributed by atoms with E-state index >= 15 is 0 Å². The number of fused-ring (bicyclic) bond motifs is 1. The summed E-state index contributed by atoms with van der Waals surface area (Å²) in [6.45, 7) is 6.41. The van der Waals surface area contributed by atoms with E-state index in [4.69, 9.17) is 9.47 Å². The first kappa shape index (κ1) is 26.2. The van der Waals surface area contributed by atoms with Gasteiger partial charge in [-0.15, -0.1) is 0 Å². The molecule has 0 fully saturated rings. The highest BCUT2D eigenvalue weighted by Gasteiger charge is 2.28. The fraction of sp³-hybridized carbons (Fsp3) is 0.385. The molecule has 0 aliphatic heterocycles. The second-order valence-electron chi connectivity index (χ2n) is 9.34. The van der Waals surface area contributed by atoms with Crippen molar-refractivity contribution in [1.82, 2.24) is 4.57 Å². The normalized spacial score (nSPS) is 12.5. The van der Waals surface area contributed by atoms with E-state index in [1.807, 2.05) is 20.8 Å². The van der Waals surface area contributed by atoms with Crippen molar-refractivity contribution in [2.24, 2.45) is 5.41 Å². The van der Waals surface area contributed by atoms with Gasteiger partial charge in [-0.05, 0) is 29.2 Å². The standard InChI is InChI=1S/C26H31FN2O6/c1-26(2,3)23(15-30)29-14-19(25(32)33)24(31)18-11-20(22(12-21(18)29)35-10-9-34-4)28-13-16-5-7-17(27)8-6-16/h5-8,11-12,14,23,28,30H,9-10,13,15H2,1-4H3,(H,32,33)/t23-/m1/s1. The average molecular weight is 487 g/mol. The minimum atomic E-state index is -1.35. The lowest BCUT2D eigenvalue weighted by molar-refractivity contribution is 0.0692. The monoisotopic (exact) mass is 486 g/mol. The summed E-state index contributed by atoms with van der Waals surface area (Å²) in [6, 6.07) is 8.70. The quantitative estimate of drug-likeness (QED) is 0.371. The minimum Gasteiger partial charge on any atom is -0.489 e. The molecule has 0 bridgehead atoms. The Kier molecular flexibility index (Phi) is 8.14. The van der Waals surface area contributed by atoms with Crippen molar-refractivity contribution in [3.05, 3.63) is 69.8 Å². The molecule has 0 spiro atoms. The van der Waals surface area contributed by atoms with Crippen molar-refractivity contribution in [1.29, 1.82) is 0 Å². The van der Waals surface area contributed by atoms with Crippen LogP contribution in [-0.2, 0) is 11.3 Å². The number of aromatic nitrogens is 1. The molecule has 0 amide bonds. The molecule has 1 aromatic heterocycles. The molecule has 8 nitrogen and oxygen atoms in total. The highest BCUT2D eigenvalue weighted by molar-refractivity contribution is 5.94. The third kappa shape index (κ3) is 5.98. The fourth-order valence-electron chi connectivity index (χ4n) is 3.86. The number of benzene rings is 2. The Balaban J connectivity index is 2.21. The topological polar surface area (TPSA) is 110 Å². The molecule has 0 unspecified atom stereocenters. The van der Waals surface area contributed by atoms with Crippen LogP contribution >= 0.6 is 0 Å². The first-order chi connectivity index (χ1) is 16.6. The van der Waals surface area contributed by atoms with Crippen molar-refractivity contribution in [2.75, 3.05) is 32.2 Å². The van der Waals surface area contributed by atoms with Gasteiger partial charge in [0.2, 0.25) is 5.43 Å². The maximum atomic E-state index is 13.3. The van der Waals surface area contributed by atoms with E-state index < -0.39 is 28.4 Å². The second kappa shape index (κ2) is 10.9. The molecule has 0 saturated carbocycles. The van der Waals surface area contributed by atoms with Crippen molar-refractivity contribution >= 4 is 22.6 Å². The number of nitrogens with one attached hydrogen (secondary N) is 1. The van der Waals surface area contributed by atoms with E-state index in [9.17, 15) is 24.2 Å². The van der Waals surface area contributed by atoms with Crippen LogP contribution in [0.3, 0.4) is 0 Å². The van der Waals surface area contributed by atoms with Crippen LogP contribution in [0, 0.1) is 11.2 Å². The summed E-state index contributed by atoms with van der Waals surface area (Å²) in [5.74, 6) is -1.27. The van der Waals surface area contributed by atoms with Crippen molar-refractivity contribution in [2.45, 2.75) is 33.4 Å². The molecule has 9 heteroatoms. The van der Waals surface area contributed by atoms with Gasteiger partial charge in [-0.25, -0.2) is 9.18 Å². The summed E-state index contributed by atoms with van der Waals surface area (Å²) in [4.78, 5) is 25.0. The maximum absolute atomic E-state index is 13.3. The van der Waals surface area contributed by atoms with Gasteiger partial charge >= 0.3 is 5.97 Å². The molecule has 1 atom stereocenters. The number of nitrogens with zero attached hydrogens (tertiary/aromatic N) is 1. The fourth-order valence-corrected chi connectivity index (χ4v) is 3.86. The molecule has 3 N–H and O–H groups in total. The number of carboxylic acids is 1. The number of halogens is 1. The van der Waals surface area contributed by atoms with Gasteiger partial charge in [0, 0.05) is 31.3 Å². The number of hydrogen-bond acceptors (Lipinski definition) is 6. The zero-order valence-electron chi connectivity index (χ0n) is 20.3. The van der Waals surface area contributed by atoms with E-state index in [0.29, 0.717) is 30.1 Å². The summed E-state index contributed by atoms with van der Waals surface area (Å²) >= 11 is 0. The molecule has 0 aliphatic carbocycles. The number of rotatable bonds is 10. The lowest BCUT2D eigenvalue weighted by Crippen LogP contribution is -2.30. The van der Waals surface area contributed by atoms with E-state index in [1.54, 1.807) is 35.9 Å². The molecule has 0 saturated heterocycles. The van der Waals surface area contributed by atoms with Gasteiger partial charge in [0.15, 0.2) is 0 Å². The maximum Gasteiger partial charge on any atom is 0.341 e. The summed E-state index contributed by atoms with van der Waals surface area (Å²) in [5, 5.41) is 23.2. The molecular formula is C26H31FN2O6. The van der Waals surface area contributed by atoms with Gasteiger partial charge in [0.1, 0.15) is 23.7 Å². The van der Waals surface area contributed by atoms with Crippen LogP contribution in [0.25, 0.3) is 10.9 Å². The molecular weight excluding hydrogens is 455 g/mol. The number of aromatic carboxylic acids is 1. The van der Waals surface area contributed by atoms with Crippen LogP contribution in [0.1, 0.15) is 42.7 Å². The van der Waals surface area contributed by atoms with Gasteiger partial charge in [-0.1, -0.05) is 32.9 Å². The molecule has 35 heavy (non-hydrogen) atoms. The van der Waals surface area contributed by atoms with Crippen molar-refractivity contribution in [3.63, 3.8) is 0 Å². The first-order valence-electron chi connectivity index (χ1n) is 11.2. The predicted octanol–water partition coefficient (Wildman–Crippen LogP) is 4.06. The predicted molar refractivity (Wildman–Crippen MR) is 132 cm³/mol. The van der Waals surface area contributed by atoms with Gasteiger partial charge in [0.05, 0.1) is 30.5 Å². The summed E-state index contributed by atoms with van der Waals surface area (Å²) in [6.07, 6.45) is 1.28. The lowest BCUT2D eigenvalue weighted by atomic mass is 9.86. The Hall–Kier alpha value is -3.43. The number of hydrogen-bond donors (Lipinski definition) is 3. The Labute approximate surface area is 202 Å². The van der Waals surface area contributed by atoms with Crippen molar-refractivity contribution in [3.8, 4) is 5.75 Å². The number of carboxylic acid groups (broad SMARTS) is 1. The lowest BCUT2D eigenvalue weighted by Gasteiger charge is -2.33. The zero-order valence-corrected chi connectivity index (χ0v) is 20.3. The third-order valence-corrected chi connectivity index (χ3v) is 5.81. The van der Waals surface area contributed by atoms with E-state index in [0.717, 1.165) is 5.56 Å². The molecule has 0 radical (unpaired) electrons. The summed E-state index contributed by atoms with van der Waals surface area (Å²) in [5.41, 5.74) is 0.247. The zero-order chi connectivity index (χ0) is 25.8. The van der Waals surface area contributed by atoms with Crippen molar-refractivity contribution < 1.29 is 28.9 Å². The highest BCUT2D eigenvalue weighted by atomic mass is 19.1. The largest absolute Gasteiger partial charge is 0.489 e. The molecule has 1 heterocycles. The molecule has 2 aromatic carbocycles. The Morgan fingerprint density at radius 2 is 1.86 bits per heavy atom. The number of methoxy groups -OCH3 is 1. The number of carbonyl (C=O) groups is 1. The van der Waals surface area contributed by atoms with Gasteiger partial charge in [0.25, 0.3) is 0 Å². The summed E-state index contributed by atoms with van der Waals surface area (Å²) in [7, 11) is 1.55. The highest BCUT2D eigenvalue weighted by Crippen LogP contribution is 2.36. The first-order valence-corrected chi connectivity index (χ1v) is 11.2. The molecule has 3 rings (SSSR count). The van der Waals surface area contributed by atoms with Gasteiger partial charge in [-0.2, -0.15) is 0 Å². The Morgan fingerprint density at radius 3 is 2.43 bits per heavy atom. The van der Waals surface area contributed by atoms with Crippen LogP contribution in [0.4, 0.5) is 10.1 Å². The Bertz CT molecular complexity index is 1250. The molecule has 3 aromatic rings. The van der Waals surface area contributed by atoms with E-state index in [2.05, 4.69) is 5.32 Å². The Morgan fingerprint density at radius 1 is 1.17 bits per heavy atom. The van der Waals surface area contributed by atoms with Gasteiger partial charge < -0.3 is 29.6 Å².